The molecule has 0 aliphatic rings. The summed E-state index contributed by atoms with van der Waals surface area (Å²) in [5.41, 5.74) is 9.12. The zero-order chi connectivity index (χ0) is 14.7. The Kier molecular flexibility index (Phi) is 3.69. The molecule has 3 rings (SSSR count). The maximum Gasteiger partial charge on any atom is 0.229 e. The van der Waals surface area contributed by atoms with Gasteiger partial charge in [0.05, 0.1) is 5.52 Å². The van der Waals surface area contributed by atoms with Gasteiger partial charge in [-0.1, -0.05) is 37.6 Å². The van der Waals surface area contributed by atoms with Crippen molar-refractivity contribution in [3.63, 3.8) is 0 Å². The summed E-state index contributed by atoms with van der Waals surface area (Å²) in [7, 11) is 0. The molecule has 21 heavy (non-hydrogen) atoms. The molecule has 3 N–H and O–H groups in total. The molecule has 0 unspecified atom stereocenters. The first-order chi connectivity index (χ1) is 10.3. The third kappa shape index (κ3) is 2.94. The van der Waals surface area contributed by atoms with Gasteiger partial charge in [-0.05, 0) is 36.2 Å². The number of anilines is 3. The number of hydrogen-bond donors (Lipinski definition) is 2. The quantitative estimate of drug-likeness (QED) is 0.759. The number of aromatic nitrogens is 2. The van der Waals surface area contributed by atoms with Crippen molar-refractivity contribution >= 4 is 28.4 Å². The number of nitrogens with two attached hydrogens (primary N) is 1. The Labute approximate surface area is 124 Å². The molecule has 4 heteroatoms. The summed E-state index contributed by atoms with van der Waals surface area (Å²) in [6.07, 6.45) is 2.25. The van der Waals surface area contributed by atoms with E-state index in [1.807, 2.05) is 36.4 Å². The number of benzene rings is 2. The van der Waals surface area contributed by atoms with Gasteiger partial charge in [0.2, 0.25) is 5.95 Å². The average molecular weight is 278 g/mol. The van der Waals surface area contributed by atoms with E-state index in [1.165, 1.54) is 5.56 Å². The number of nitrogen functional groups attached to an aromatic ring is 1. The molecule has 0 radical (unpaired) electrons. The highest BCUT2D eigenvalue weighted by molar-refractivity contribution is 5.89. The van der Waals surface area contributed by atoms with Crippen molar-refractivity contribution in [1.29, 1.82) is 0 Å². The van der Waals surface area contributed by atoms with E-state index >= 15 is 0 Å². The van der Waals surface area contributed by atoms with Crippen LogP contribution in [0.2, 0.25) is 0 Å². The lowest BCUT2D eigenvalue weighted by atomic mass is 10.1. The van der Waals surface area contributed by atoms with Gasteiger partial charge < -0.3 is 11.1 Å². The van der Waals surface area contributed by atoms with E-state index in [1.54, 1.807) is 0 Å². The summed E-state index contributed by atoms with van der Waals surface area (Å²) in [5.74, 6) is 1.01. The largest absolute Gasteiger partial charge is 0.383 e. The number of rotatable bonds is 4. The maximum absolute atomic E-state index is 5.98. The van der Waals surface area contributed by atoms with Crippen LogP contribution in [0.25, 0.3) is 10.9 Å². The van der Waals surface area contributed by atoms with Crippen molar-refractivity contribution in [2.24, 2.45) is 0 Å². The molecule has 0 spiro atoms. The second kappa shape index (κ2) is 5.79. The van der Waals surface area contributed by atoms with Crippen LogP contribution in [0.3, 0.4) is 0 Å². The van der Waals surface area contributed by atoms with E-state index in [0.717, 1.165) is 29.4 Å². The number of para-hydroxylation sites is 1. The van der Waals surface area contributed by atoms with E-state index in [0.29, 0.717) is 11.8 Å². The van der Waals surface area contributed by atoms with E-state index in [9.17, 15) is 0 Å². The van der Waals surface area contributed by atoms with Crippen molar-refractivity contribution in [2.45, 2.75) is 19.8 Å². The predicted octanol–water partition coefficient (Wildman–Crippen LogP) is 3.91. The van der Waals surface area contributed by atoms with Gasteiger partial charge in [-0.25, -0.2) is 4.98 Å². The number of fused-ring (bicyclic) bond motifs is 1. The molecular formula is C17H18N4. The first-order valence-corrected chi connectivity index (χ1v) is 7.14. The zero-order valence-electron chi connectivity index (χ0n) is 12.0. The van der Waals surface area contributed by atoms with Gasteiger partial charge in [-0.15, -0.1) is 0 Å². The number of hydrogen-bond acceptors (Lipinski definition) is 4. The van der Waals surface area contributed by atoms with E-state index in [-0.39, 0.29) is 0 Å². The minimum absolute atomic E-state index is 0.491. The van der Waals surface area contributed by atoms with Crippen LogP contribution in [0.1, 0.15) is 18.9 Å². The topological polar surface area (TPSA) is 63.8 Å². The third-order valence-electron chi connectivity index (χ3n) is 3.38. The lowest BCUT2D eigenvalue weighted by molar-refractivity contribution is 0.922. The molecule has 0 saturated carbocycles. The van der Waals surface area contributed by atoms with Gasteiger partial charge in [-0.3, -0.25) is 0 Å². The Morgan fingerprint density at radius 3 is 2.52 bits per heavy atom. The van der Waals surface area contributed by atoms with E-state index in [2.05, 4.69) is 34.3 Å². The summed E-state index contributed by atoms with van der Waals surface area (Å²) >= 11 is 0. The maximum atomic E-state index is 5.98. The molecule has 0 aliphatic carbocycles. The van der Waals surface area contributed by atoms with Crippen LogP contribution in [0, 0.1) is 0 Å². The molecule has 106 valence electrons. The van der Waals surface area contributed by atoms with Crippen molar-refractivity contribution < 1.29 is 0 Å². The molecular weight excluding hydrogens is 260 g/mol. The van der Waals surface area contributed by atoms with Crippen molar-refractivity contribution in [1.82, 2.24) is 9.97 Å². The summed E-state index contributed by atoms with van der Waals surface area (Å²) in [6.45, 7) is 2.18. The first-order valence-electron chi connectivity index (χ1n) is 7.14. The fourth-order valence-electron chi connectivity index (χ4n) is 2.33. The number of nitrogens with one attached hydrogen (secondary N) is 1. The Hall–Kier alpha value is -2.62. The summed E-state index contributed by atoms with van der Waals surface area (Å²) in [4.78, 5) is 8.80. The highest BCUT2D eigenvalue weighted by atomic mass is 15.1. The lowest BCUT2D eigenvalue weighted by Crippen LogP contribution is -2.01. The molecule has 1 heterocycles. The van der Waals surface area contributed by atoms with E-state index < -0.39 is 0 Å². The van der Waals surface area contributed by atoms with Crippen LogP contribution >= 0.6 is 0 Å². The third-order valence-corrected chi connectivity index (χ3v) is 3.38. The molecule has 0 saturated heterocycles. The average Bonchev–Trinajstić information content (AvgIpc) is 2.50. The van der Waals surface area contributed by atoms with Crippen LogP contribution in [0.5, 0.6) is 0 Å². The first kappa shape index (κ1) is 13.4. The molecule has 0 atom stereocenters. The Morgan fingerprint density at radius 2 is 1.76 bits per heavy atom. The van der Waals surface area contributed by atoms with Gasteiger partial charge in [0, 0.05) is 11.1 Å². The van der Waals surface area contributed by atoms with Crippen molar-refractivity contribution in [2.75, 3.05) is 11.1 Å². The fourth-order valence-corrected chi connectivity index (χ4v) is 2.33. The van der Waals surface area contributed by atoms with Crippen LogP contribution in [0.4, 0.5) is 17.5 Å². The van der Waals surface area contributed by atoms with Gasteiger partial charge in [0.15, 0.2) is 0 Å². The summed E-state index contributed by atoms with van der Waals surface area (Å²) < 4.78 is 0. The molecule has 0 aliphatic heterocycles. The predicted molar refractivity (Wildman–Crippen MR) is 87.7 cm³/mol. The molecule has 0 amide bonds. The highest BCUT2D eigenvalue weighted by Gasteiger charge is 2.04. The molecule has 1 aromatic heterocycles. The minimum atomic E-state index is 0.491. The Bertz CT molecular complexity index is 750. The summed E-state index contributed by atoms with van der Waals surface area (Å²) in [5, 5.41) is 4.08. The van der Waals surface area contributed by atoms with Crippen LogP contribution in [0.15, 0.2) is 48.5 Å². The smallest absolute Gasteiger partial charge is 0.229 e. The highest BCUT2D eigenvalue weighted by Crippen LogP contribution is 2.21. The minimum Gasteiger partial charge on any atom is -0.383 e. The van der Waals surface area contributed by atoms with Gasteiger partial charge in [-0.2, -0.15) is 4.98 Å². The van der Waals surface area contributed by atoms with Crippen LogP contribution < -0.4 is 11.1 Å². The Balaban J connectivity index is 1.87. The van der Waals surface area contributed by atoms with Crippen LogP contribution in [-0.2, 0) is 6.42 Å². The molecule has 4 nitrogen and oxygen atoms in total. The standard InChI is InChI=1S/C17H18N4/c1-2-5-12-8-10-13(11-9-12)19-17-20-15-7-4-3-6-14(15)16(18)21-17/h3-4,6-11H,2,5H2,1H3,(H3,18,19,20,21). The van der Waals surface area contributed by atoms with E-state index in [4.69, 9.17) is 5.73 Å². The van der Waals surface area contributed by atoms with Crippen molar-refractivity contribution in [3.8, 4) is 0 Å². The molecule has 2 aromatic carbocycles. The van der Waals surface area contributed by atoms with Crippen LogP contribution in [-0.4, -0.2) is 9.97 Å². The van der Waals surface area contributed by atoms with Crippen molar-refractivity contribution in [3.05, 3.63) is 54.1 Å². The number of aryl methyl sites for hydroxylation is 1. The Morgan fingerprint density at radius 1 is 1.00 bits per heavy atom. The SMILES string of the molecule is CCCc1ccc(Nc2nc(N)c3ccccc3n2)cc1. The second-order valence-corrected chi connectivity index (χ2v) is 5.02. The van der Waals surface area contributed by atoms with Gasteiger partial charge in [0.1, 0.15) is 5.82 Å². The molecule has 3 aromatic rings. The molecule has 0 fully saturated rings. The summed E-state index contributed by atoms with van der Waals surface area (Å²) in [6, 6.07) is 16.1. The molecule has 0 bridgehead atoms. The number of nitrogens with zero attached hydrogens (tertiary/aromatic N) is 2. The second-order valence-electron chi connectivity index (χ2n) is 5.02. The fraction of sp³-hybridized carbons (Fsp3) is 0.176. The normalized spacial score (nSPS) is 10.7. The van der Waals surface area contributed by atoms with Gasteiger partial charge >= 0.3 is 0 Å². The monoisotopic (exact) mass is 278 g/mol. The zero-order valence-corrected chi connectivity index (χ0v) is 12.0. The lowest BCUT2D eigenvalue weighted by Gasteiger charge is -2.08. The van der Waals surface area contributed by atoms with Gasteiger partial charge in [0.25, 0.3) is 0 Å².